The molecule has 2 aromatic carbocycles. The van der Waals surface area contributed by atoms with Crippen molar-refractivity contribution in [1.82, 2.24) is 10.2 Å². The van der Waals surface area contributed by atoms with Crippen molar-refractivity contribution in [3.63, 3.8) is 0 Å². The Bertz CT molecular complexity index is 1080. The largest absolute Gasteiger partial charge is 0.472 e. The Balaban J connectivity index is 1.35. The van der Waals surface area contributed by atoms with Crippen molar-refractivity contribution in [3.8, 4) is 5.75 Å². The van der Waals surface area contributed by atoms with Crippen LogP contribution in [0.3, 0.4) is 0 Å². The Morgan fingerprint density at radius 1 is 1.03 bits per heavy atom. The average Bonchev–Trinajstić information content (AvgIpc) is 3.35. The minimum atomic E-state index is -2.89. The quantitative estimate of drug-likeness (QED) is 0.542. The molecule has 7 nitrogen and oxygen atoms in total. The second-order valence-electron chi connectivity index (χ2n) is 7.63. The van der Waals surface area contributed by atoms with Crippen LogP contribution in [0.4, 0.5) is 20.2 Å². The first kappa shape index (κ1) is 22.3. The fourth-order valence-electron chi connectivity index (χ4n) is 3.72. The highest BCUT2D eigenvalue weighted by atomic mass is 19.3. The molecule has 4 rings (SSSR count). The van der Waals surface area contributed by atoms with E-state index < -0.39 is 6.61 Å². The molecule has 2 heterocycles. The number of nitrogens with zero attached hydrogens (tertiary/aromatic N) is 1. The number of furan rings is 1. The van der Waals surface area contributed by atoms with Gasteiger partial charge in [0.2, 0.25) is 0 Å². The molecular formula is C24H23F2N3O4. The van der Waals surface area contributed by atoms with Crippen LogP contribution < -0.4 is 15.4 Å². The van der Waals surface area contributed by atoms with Gasteiger partial charge in [0.05, 0.1) is 23.1 Å². The van der Waals surface area contributed by atoms with Gasteiger partial charge in [0.25, 0.3) is 11.8 Å². The van der Waals surface area contributed by atoms with Gasteiger partial charge in [-0.25, -0.2) is 0 Å². The summed E-state index contributed by atoms with van der Waals surface area (Å²) in [7, 11) is 0. The van der Waals surface area contributed by atoms with Gasteiger partial charge in [-0.3, -0.25) is 9.59 Å². The van der Waals surface area contributed by atoms with E-state index in [9.17, 15) is 18.4 Å². The summed E-state index contributed by atoms with van der Waals surface area (Å²) in [5, 5.41) is 6.19. The van der Waals surface area contributed by atoms with Crippen LogP contribution in [0.2, 0.25) is 0 Å². The first-order valence-corrected chi connectivity index (χ1v) is 10.5. The lowest BCUT2D eigenvalue weighted by atomic mass is 10.0. The molecule has 0 saturated carbocycles. The van der Waals surface area contributed by atoms with Crippen LogP contribution in [0.5, 0.6) is 5.75 Å². The molecule has 1 aliphatic heterocycles. The number of ether oxygens (including phenoxy) is 1. The van der Waals surface area contributed by atoms with E-state index in [0.717, 1.165) is 0 Å². The van der Waals surface area contributed by atoms with Gasteiger partial charge in [-0.15, -0.1) is 0 Å². The second kappa shape index (κ2) is 10.2. The van der Waals surface area contributed by atoms with Crippen molar-refractivity contribution in [1.29, 1.82) is 0 Å². The maximum atomic E-state index is 13.0. The van der Waals surface area contributed by atoms with Gasteiger partial charge in [-0.2, -0.15) is 8.78 Å². The number of piperidine rings is 1. The summed E-state index contributed by atoms with van der Waals surface area (Å²) in [5.74, 6) is -0.248. The lowest BCUT2D eigenvalue weighted by Gasteiger charge is -2.32. The Morgan fingerprint density at radius 2 is 1.76 bits per heavy atom. The number of likely N-dealkylation sites (tertiary alicyclic amines) is 1. The fraction of sp³-hybridized carbons (Fsp3) is 0.250. The third-order valence-electron chi connectivity index (χ3n) is 5.42. The summed E-state index contributed by atoms with van der Waals surface area (Å²) in [4.78, 5) is 27.1. The summed E-state index contributed by atoms with van der Waals surface area (Å²) in [6, 6.07) is 14.7. The molecule has 0 bridgehead atoms. The van der Waals surface area contributed by atoms with E-state index >= 15 is 0 Å². The molecule has 1 aromatic heterocycles. The monoisotopic (exact) mass is 455 g/mol. The third-order valence-corrected chi connectivity index (χ3v) is 5.42. The summed E-state index contributed by atoms with van der Waals surface area (Å²) >= 11 is 0. The Kier molecular flexibility index (Phi) is 6.87. The SMILES string of the molecule is O=C(NC1CCN(C(=O)c2ccoc2)CC1)c1ccccc1Nc1ccc(OC(F)F)cc1. The fourth-order valence-corrected chi connectivity index (χ4v) is 3.72. The number of nitrogens with one attached hydrogen (secondary N) is 2. The maximum absolute atomic E-state index is 13.0. The van der Waals surface area contributed by atoms with E-state index in [2.05, 4.69) is 15.4 Å². The summed E-state index contributed by atoms with van der Waals surface area (Å²) < 4.78 is 34.0. The topological polar surface area (TPSA) is 83.8 Å². The van der Waals surface area contributed by atoms with Crippen LogP contribution in [-0.2, 0) is 0 Å². The molecule has 9 heteroatoms. The Hall–Kier alpha value is -3.88. The van der Waals surface area contributed by atoms with E-state index in [-0.39, 0.29) is 23.6 Å². The molecule has 0 atom stereocenters. The highest BCUT2D eigenvalue weighted by Gasteiger charge is 2.25. The van der Waals surface area contributed by atoms with Crippen molar-refractivity contribution in [2.24, 2.45) is 0 Å². The van der Waals surface area contributed by atoms with Crippen molar-refractivity contribution in [2.45, 2.75) is 25.5 Å². The molecule has 2 amide bonds. The molecule has 172 valence electrons. The van der Waals surface area contributed by atoms with Crippen molar-refractivity contribution in [2.75, 3.05) is 18.4 Å². The molecule has 3 aromatic rings. The maximum Gasteiger partial charge on any atom is 0.387 e. The first-order chi connectivity index (χ1) is 16.0. The number of hydrogen-bond acceptors (Lipinski definition) is 5. The zero-order valence-corrected chi connectivity index (χ0v) is 17.7. The van der Waals surface area contributed by atoms with E-state index in [4.69, 9.17) is 4.42 Å². The predicted molar refractivity (Wildman–Crippen MR) is 118 cm³/mol. The summed E-state index contributed by atoms with van der Waals surface area (Å²) in [6.45, 7) is -1.80. The molecule has 0 spiro atoms. The van der Waals surface area contributed by atoms with E-state index in [1.54, 1.807) is 47.4 Å². The number of hydrogen-bond donors (Lipinski definition) is 2. The van der Waals surface area contributed by atoms with Gasteiger partial charge in [0.15, 0.2) is 0 Å². The number of amides is 2. The number of halogens is 2. The van der Waals surface area contributed by atoms with Gasteiger partial charge in [0, 0.05) is 24.8 Å². The summed E-state index contributed by atoms with van der Waals surface area (Å²) in [5.41, 5.74) is 2.20. The molecule has 33 heavy (non-hydrogen) atoms. The molecule has 1 saturated heterocycles. The first-order valence-electron chi connectivity index (χ1n) is 10.5. The number of alkyl halides is 2. The smallest absolute Gasteiger partial charge is 0.387 e. The molecule has 1 fully saturated rings. The highest BCUT2D eigenvalue weighted by molar-refractivity contribution is 6.00. The van der Waals surface area contributed by atoms with Gasteiger partial charge in [-0.1, -0.05) is 12.1 Å². The van der Waals surface area contributed by atoms with Crippen LogP contribution >= 0.6 is 0 Å². The molecular weight excluding hydrogens is 432 g/mol. The van der Waals surface area contributed by atoms with Crippen molar-refractivity contribution < 1.29 is 27.5 Å². The third kappa shape index (κ3) is 5.68. The second-order valence-corrected chi connectivity index (χ2v) is 7.63. The van der Waals surface area contributed by atoms with Crippen LogP contribution in [0, 0.1) is 0 Å². The van der Waals surface area contributed by atoms with Gasteiger partial charge < -0.3 is 24.7 Å². The lowest BCUT2D eigenvalue weighted by molar-refractivity contribution is -0.0498. The van der Waals surface area contributed by atoms with E-state index in [1.165, 1.54) is 24.7 Å². The Morgan fingerprint density at radius 3 is 2.42 bits per heavy atom. The average molecular weight is 455 g/mol. The minimum Gasteiger partial charge on any atom is -0.472 e. The van der Waals surface area contributed by atoms with E-state index in [0.29, 0.717) is 48.4 Å². The molecule has 1 aliphatic rings. The Labute approximate surface area is 189 Å². The summed E-state index contributed by atoms with van der Waals surface area (Å²) in [6.07, 6.45) is 4.20. The minimum absolute atomic E-state index is 0.0512. The van der Waals surface area contributed by atoms with Crippen molar-refractivity contribution >= 4 is 23.2 Å². The number of anilines is 2. The van der Waals surface area contributed by atoms with Gasteiger partial charge in [-0.05, 0) is 55.3 Å². The molecule has 0 unspecified atom stereocenters. The molecule has 2 N–H and O–H groups in total. The molecule has 0 aliphatic carbocycles. The van der Waals surface area contributed by atoms with E-state index in [1.807, 2.05) is 0 Å². The van der Waals surface area contributed by atoms with Crippen LogP contribution in [-0.4, -0.2) is 42.5 Å². The zero-order chi connectivity index (χ0) is 23.2. The van der Waals surface area contributed by atoms with Crippen molar-refractivity contribution in [3.05, 3.63) is 78.3 Å². The standard InChI is InChI=1S/C24H23F2N3O4/c25-24(26)33-19-7-5-17(6-8-19)27-21-4-2-1-3-20(21)22(30)28-18-9-12-29(13-10-18)23(31)16-11-14-32-15-16/h1-8,11,14-15,18,24,27H,9-10,12-13H2,(H,28,30). The number of rotatable bonds is 7. The lowest BCUT2D eigenvalue weighted by Crippen LogP contribution is -2.46. The van der Waals surface area contributed by atoms with Crippen LogP contribution in [0.25, 0.3) is 0 Å². The van der Waals surface area contributed by atoms with Gasteiger partial charge >= 0.3 is 6.61 Å². The number of para-hydroxylation sites is 1. The predicted octanol–water partition coefficient (Wildman–Crippen LogP) is 4.66. The number of carbonyl (C=O) groups excluding carboxylic acids is 2. The normalized spacial score (nSPS) is 14.2. The zero-order valence-electron chi connectivity index (χ0n) is 17.7. The molecule has 0 radical (unpaired) electrons. The van der Waals surface area contributed by atoms with Crippen LogP contribution in [0.1, 0.15) is 33.6 Å². The van der Waals surface area contributed by atoms with Crippen LogP contribution in [0.15, 0.2) is 71.5 Å². The number of benzene rings is 2. The highest BCUT2D eigenvalue weighted by Crippen LogP contribution is 2.24. The van der Waals surface area contributed by atoms with Gasteiger partial charge in [0.1, 0.15) is 12.0 Å². The number of carbonyl (C=O) groups is 2.